The molecular formula is C13H12F5N3O. The van der Waals surface area contributed by atoms with Gasteiger partial charge in [0.2, 0.25) is 11.8 Å². The van der Waals surface area contributed by atoms with E-state index in [1.165, 1.54) is 0 Å². The van der Waals surface area contributed by atoms with Crippen LogP contribution in [0.2, 0.25) is 0 Å². The highest BCUT2D eigenvalue weighted by atomic mass is 19.4. The summed E-state index contributed by atoms with van der Waals surface area (Å²) in [5, 5.41) is 9.15. The Labute approximate surface area is 122 Å². The molecule has 2 aromatic rings. The summed E-state index contributed by atoms with van der Waals surface area (Å²) in [5.74, 6) is -2.40. The van der Waals surface area contributed by atoms with Crippen molar-refractivity contribution in [3.8, 4) is 0 Å². The topological polar surface area (TPSA) is 51.0 Å². The third kappa shape index (κ3) is 3.59. The summed E-state index contributed by atoms with van der Waals surface area (Å²) >= 11 is 0. The van der Waals surface area contributed by atoms with Gasteiger partial charge < -0.3 is 4.42 Å². The van der Waals surface area contributed by atoms with Crippen LogP contribution in [0.3, 0.4) is 0 Å². The Bertz CT molecular complexity index is 621. The molecule has 1 N–H and O–H groups in total. The maximum absolute atomic E-state index is 13.6. The van der Waals surface area contributed by atoms with Crippen LogP contribution in [0, 0.1) is 11.6 Å². The first-order valence-electron chi connectivity index (χ1n) is 6.38. The molecule has 0 saturated heterocycles. The van der Waals surface area contributed by atoms with Crippen molar-refractivity contribution in [1.82, 2.24) is 15.5 Å². The third-order valence-corrected chi connectivity index (χ3v) is 2.88. The lowest BCUT2D eigenvalue weighted by atomic mass is 10.0. The molecule has 22 heavy (non-hydrogen) atoms. The molecule has 0 bridgehead atoms. The molecule has 0 radical (unpaired) electrons. The molecule has 2 rings (SSSR count). The maximum atomic E-state index is 13.6. The Morgan fingerprint density at radius 1 is 1.14 bits per heavy atom. The number of nitrogens with zero attached hydrogens (tertiary/aromatic N) is 2. The van der Waals surface area contributed by atoms with Crippen LogP contribution in [0.15, 0.2) is 22.6 Å². The molecule has 1 aromatic carbocycles. The van der Waals surface area contributed by atoms with Gasteiger partial charge in [-0.25, -0.2) is 8.78 Å². The van der Waals surface area contributed by atoms with Gasteiger partial charge in [-0.15, -0.1) is 10.2 Å². The lowest BCUT2D eigenvalue weighted by Gasteiger charge is -2.22. The number of nitrogens with one attached hydrogen (secondary N) is 1. The number of benzene rings is 1. The number of halogens is 5. The predicted molar refractivity (Wildman–Crippen MR) is 65.7 cm³/mol. The van der Waals surface area contributed by atoms with Crippen LogP contribution in [0.25, 0.3) is 0 Å². The summed E-state index contributed by atoms with van der Waals surface area (Å²) in [7, 11) is 0. The molecule has 0 spiro atoms. The third-order valence-electron chi connectivity index (χ3n) is 2.88. The SMILES string of the molecule is CCc1nnc(CN[C@H](c2c(F)cccc2F)C(F)(F)F)o1. The second-order valence-corrected chi connectivity index (χ2v) is 4.43. The van der Waals surface area contributed by atoms with Crippen molar-refractivity contribution in [1.29, 1.82) is 0 Å². The fourth-order valence-corrected chi connectivity index (χ4v) is 1.86. The van der Waals surface area contributed by atoms with E-state index < -0.39 is 36.0 Å². The molecule has 1 heterocycles. The molecule has 120 valence electrons. The van der Waals surface area contributed by atoms with Gasteiger partial charge in [-0.05, 0) is 12.1 Å². The van der Waals surface area contributed by atoms with Gasteiger partial charge in [-0.2, -0.15) is 13.2 Å². The largest absolute Gasteiger partial charge is 0.424 e. The quantitative estimate of drug-likeness (QED) is 0.859. The van der Waals surface area contributed by atoms with Crippen LogP contribution >= 0.6 is 0 Å². The van der Waals surface area contributed by atoms with Gasteiger partial charge in [0.1, 0.15) is 17.7 Å². The van der Waals surface area contributed by atoms with E-state index in [4.69, 9.17) is 4.42 Å². The number of hydrogen-bond donors (Lipinski definition) is 1. The first-order chi connectivity index (χ1) is 10.3. The van der Waals surface area contributed by atoms with Gasteiger partial charge in [-0.3, -0.25) is 5.32 Å². The number of rotatable bonds is 5. The first kappa shape index (κ1) is 16.3. The summed E-state index contributed by atoms with van der Waals surface area (Å²) in [4.78, 5) is 0. The number of hydrogen-bond acceptors (Lipinski definition) is 4. The molecule has 0 aliphatic rings. The lowest BCUT2D eigenvalue weighted by Crippen LogP contribution is -2.35. The summed E-state index contributed by atoms with van der Waals surface area (Å²) < 4.78 is 71.5. The Balaban J connectivity index is 2.24. The monoisotopic (exact) mass is 321 g/mol. The molecule has 0 aliphatic heterocycles. The molecule has 1 atom stereocenters. The zero-order chi connectivity index (χ0) is 16.3. The Hall–Kier alpha value is -2.03. The summed E-state index contributed by atoms with van der Waals surface area (Å²) in [6.07, 6.45) is -4.46. The molecular weight excluding hydrogens is 309 g/mol. The van der Waals surface area contributed by atoms with Crippen molar-refractivity contribution >= 4 is 0 Å². The number of alkyl halides is 3. The highest BCUT2D eigenvalue weighted by molar-refractivity contribution is 5.24. The van der Waals surface area contributed by atoms with Crippen LogP contribution in [0.1, 0.15) is 30.3 Å². The minimum atomic E-state index is -4.89. The zero-order valence-corrected chi connectivity index (χ0v) is 11.4. The normalized spacial score (nSPS) is 13.4. The van der Waals surface area contributed by atoms with Crippen molar-refractivity contribution in [2.24, 2.45) is 0 Å². The molecule has 0 aliphatic carbocycles. The Kier molecular flexibility index (Phi) is 4.74. The fourth-order valence-electron chi connectivity index (χ4n) is 1.86. The number of aryl methyl sites for hydroxylation is 1. The average molecular weight is 321 g/mol. The Morgan fingerprint density at radius 3 is 2.23 bits per heavy atom. The van der Waals surface area contributed by atoms with E-state index >= 15 is 0 Å². The smallest absolute Gasteiger partial charge is 0.408 e. The van der Waals surface area contributed by atoms with E-state index in [2.05, 4.69) is 10.2 Å². The summed E-state index contributed by atoms with van der Waals surface area (Å²) in [6, 6.07) is -0.000132. The molecule has 0 amide bonds. The second kappa shape index (κ2) is 6.39. The molecule has 4 nitrogen and oxygen atoms in total. The van der Waals surface area contributed by atoms with Crippen molar-refractivity contribution in [2.75, 3.05) is 0 Å². The highest BCUT2D eigenvalue weighted by Crippen LogP contribution is 2.35. The van der Waals surface area contributed by atoms with Gasteiger partial charge >= 0.3 is 6.18 Å². The molecule has 0 saturated carbocycles. The fraction of sp³-hybridized carbons (Fsp3) is 0.385. The van der Waals surface area contributed by atoms with Crippen molar-refractivity contribution < 1.29 is 26.4 Å². The minimum Gasteiger partial charge on any atom is -0.424 e. The van der Waals surface area contributed by atoms with Crippen LogP contribution in [0.5, 0.6) is 0 Å². The van der Waals surface area contributed by atoms with E-state index in [-0.39, 0.29) is 11.8 Å². The zero-order valence-electron chi connectivity index (χ0n) is 11.4. The lowest BCUT2D eigenvalue weighted by molar-refractivity contribution is -0.159. The highest BCUT2D eigenvalue weighted by Gasteiger charge is 2.43. The van der Waals surface area contributed by atoms with E-state index in [9.17, 15) is 22.0 Å². The van der Waals surface area contributed by atoms with E-state index in [1.807, 2.05) is 5.32 Å². The van der Waals surface area contributed by atoms with E-state index in [0.29, 0.717) is 6.42 Å². The van der Waals surface area contributed by atoms with Gasteiger partial charge in [0.15, 0.2) is 0 Å². The van der Waals surface area contributed by atoms with E-state index in [0.717, 1.165) is 18.2 Å². The summed E-state index contributed by atoms with van der Waals surface area (Å²) in [5.41, 5.74) is -1.09. The maximum Gasteiger partial charge on any atom is 0.408 e. The first-order valence-corrected chi connectivity index (χ1v) is 6.38. The number of aromatic nitrogens is 2. The summed E-state index contributed by atoms with van der Waals surface area (Å²) in [6.45, 7) is 1.27. The average Bonchev–Trinajstić information content (AvgIpc) is 2.88. The van der Waals surface area contributed by atoms with Gasteiger partial charge in [0.05, 0.1) is 6.54 Å². The van der Waals surface area contributed by atoms with Gasteiger partial charge in [0.25, 0.3) is 0 Å². The second-order valence-electron chi connectivity index (χ2n) is 4.43. The Morgan fingerprint density at radius 2 is 1.73 bits per heavy atom. The van der Waals surface area contributed by atoms with Gasteiger partial charge in [-0.1, -0.05) is 13.0 Å². The van der Waals surface area contributed by atoms with Crippen LogP contribution in [-0.2, 0) is 13.0 Å². The van der Waals surface area contributed by atoms with Crippen LogP contribution < -0.4 is 5.32 Å². The van der Waals surface area contributed by atoms with Gasteiger partial charge in [0, 0.05) is 12.0 Å². The van der Waals surface area contributed by atoms with Crippen molar-refractivity contribution in [2.45, 2.75) is 32.1 Å². The molecule has 0 fully saturated rings. The standard InChI is InChI=1S/C13H12F5N3O/c1-2-9-20-21-10(22-9)6-19-12(13(16,17)18)11-7(14)4-3-5-8(11)15/h3-5,12,19H,2,6H2,1H3/t12-/m1/s1. The van der Waals surface area contributed by atoms with Crippen molar-refractivity contribution in [3.63, 3.8) is 0 Å². The van der Waals surface area contributed by atoms with Crippen LogP contribution in [-0.4, -0.2) is 16.4 Å². The minimum absolute atomic E-state index is 0.0946. The molecule has 9 heteroatoms. The predicted octanol–water partition coefficient (Wildman–Crippen LogP) is 3.30. The molecule has 0 unspecified atom stereocenters. The van der Waals surface area contributed by atoms with E-state index in [1.54, 1.807) is 6.92 Å². The van der Waals surface area contributed by atoms with Crippen molar-refractivity contribution in [3.05, 3.63) is 47.2 Å². The molecule has 1 aromatic heterocycles. The van der Waals surface area contributed by atoms with Crippen LogP contribution in [0.4, 0.5) is 22.0 Å².